The van der Waals surface area contributed by atoms with Gasteiger partial charge in [-0.25, -0.2) is 8.42 Å². The van der Waals surface area contributed by atoms with Crippen molar-refractivity contribution in [3.05, 3.63) is 0 Å². The van der Waals surface area contributed by atoms with Gasteiger partial charge < -0.3 is 5.11 Å². The van der Waals surface area contributed by atoms with Crippen LogP contribution in [-0.2, 0) is 9.84 Å². The molecule has 0 aromatic carbocycles. The van der Waals surface area contributed by atoms with Crippen molar-refractivity contribution in [3.63, 3.8) is 0 Å². The van der Waals surface area contributed by atoms with Crippen molar-refractivity contribution in [2.24, 2.45) is 0 Å². The van der Waals surface area contributed by atoms with Crippen LogP contribution in [0.15, 0.2) is 0 Å². The van der Waals surface area contributed by atoms with E-state index >= 15 is 0 Å². The highest BCUT2D eigenvalue weighted by atomic mass is 32.2. The number of rotatable bonds is 5. The number of aliphatic hydroxyl groups is 1. The Morgan fingerprint density at radius 1 is 1.25 bits per heavy atom. The van der Waals surface area contributed by atoms with Gasteiger partial charge in [-0.2, -0.15) is 0 Å². The molecule has 1 unspecified atom stereocenters. The van der Waals surface area contributed by atoms with Gasteiger partial charge in [0.15, 0.2) is 9.84 Å². The minimum Gasteiger partial charge on any atom is -0.393 e. The molecule has 0 aliphatic rings. The molecule has 0 fully saturated rings. The lowest BCUT2D eigenvalue weighted by molar-refractivity contribution is 0.184. The third-order valence-electron chi connectivity index (χ3n) is 1.77. The monoisotopic (exact) mass is 194 g/mol. The molecule has 0 saturated heterocycles. The fourth-order valence-corrected chi connectivity index (χ4v) is 1.86. The fourth-order valence-electron chi connectivity index (χ4n) is 0.816. The topological polar surface area (TPSA) is 54.4 Å². The first-order valence-corrected chi connectivity index (χ1v) is 5.97. The van der Waals surface area contributed by atoms with Gasteiger partial charge in [0.1, 0.15) is 0 Å². The van der Waals surface area contributed by atoms with Crippen LogP contribution in [0.5, 0.6) is 0 Å². The molecular weight excluding hydrogens is 176 g/mol. The second-order valence-corrected chi connectivity index (χ2v) is 6.08. The quantitative estimate of drug-likeness (QED) is 0.709. The maximum Gasteiger partial charge on any atom is 0.152 e. The van der Waals surface area contributed by atoms with Crippen LogP contribution >= 0.6 is 0 Å². The van der Waals surface area contributed by atoms with Crippen molar-refractivity contribution >= 4 is 9.84 Å². The predicted molar refractivity (Wildman–Crippen MR) is 49.8 cm³/mol. The average molecular weight is 194 g/mol. The normalized spacial score (nSPS) is 15.1. The van der Waals surface area contributed by atoms with Gasteiger partial charge in [0.05, 0.1) is 17.1 Å². The Morgan fingerprint density at radius 3 is 2.08 bits per heavy atom. The minimum atomic E-state index is -2.90. The number of hydrogen-bond donors (Lipinski definition) is 1. The van der Waals surface area contributed by atoms with Crippen LogP contribution in [0, 0.1) is 0 Å². The van der Waals surface area contributed by atoms with E-state index < -0.39 is 15.9 Å². The molecule has 0 aliphatic heterocycles. The van der Waals surface area contributed by atoms with Crippen molar-refractivity contribution in [2.75, 3.05) is 5.75 Å². The summed E-state index contributed by atoms with van der Waals surface area (Å²) in [4.78, 5) is 0. The first-order chi connectivity index (χ1) is 5.36. The molecule has 1 N–H and O–H groups in total. The largest absolute Gasteiger partial charge is 0.393 e. The summed E-state index contributed by atoms with van der Waals surface area (Å²) in [6.45, 7) is 5.03. The van der Waals surface area contributed by atoms with Gasteiger partial charge in [-0.05, 0) is 33.6 Å². The van der Waals surface area contributed by atoms with E-state index in [1.54, 1.807) is 20.8 Å². The third-order valence-corrected chi connectivity index (χ3v) is 4.06. The second-order valence-electron chi connectivity index (χ2n) is 3.41. The number of aliphatic hydroxyl groups excluding tert-OH is 1. The van der Waals surface area contributed by atoms with E-state index in [2.05, 4.69) is 0 Å². The molecule has 12 heavy (non-hydrogen) atoms. The number of sulfone groups is 1. The summed E-state index contributed by atoms with van der Waals surface area (Å²) in [6.07, 6.45) is 0.719. The Morgan fingerprint density at radius 2 is 1.75 bits per heavy atom. The van der Waals surface area contributed by atoms with Gasteiger partial charge in [-0.3, -0.25) is 0 Å². The number of hydrogen-bond acceptors (Lipinski definition) is 3. The first-order valence-electron chi connectivity index (χ1n) is 4.26. The van der Waals surface area contributed by atoms with E-state index in [0.29, 0.717) is 12.8 Å². The van der Waals surface area contributed by atoms with Gasteiger partial charge in [-0.15, -0.1) is 0 Å². The van der Waals surface area contributed by atoms with Crippen LogP contribution in [0.4, 0.5) is 0 Å². The van der Waals surface area contributed by atoms with E-state index in [1.807, 2.05) is 0 Å². The van der Waals surface area contributed by atoms with Gasteiger partial charge in [0.2, 0.25) is 0 Å². The lowest BCUT2D eigenvalue weighted by atomic mass is 10.2. The summed E-state index contributed by atoms with van der Waals surface area (Å²) >= 11 is 0. The smallest absolute Gasteiger partial charge is 0.152 e. The summed E-state index contributed by atoms with van der Waals surface area (Å²) < 4.78 is 22.5. The van der Waals surface area contributed by atoms with Crippen molar-refractivity contribution in [3.8, 4) is 0 Å². The molecule has 0 heterocycles. The zero-order valence-electron chi connectivity index (χ0n) is 7.95. The predicted octanol–water partition coefficient (Wildman–Crippen LogP) is 0.971. The van der Waals surface area contributed by atoms with Crippen molar-refractivity contribution in [2.45, 2.75) is 45.0 Å². The van der Waals surface area contributed by atoms with E-state index in [-0.39, 0.29) is 11.0 Å². The molecular formula is C8H18O3S. The van der Waals surface area contributed by atoms with E-state index in [9.17, 15) is 8.42 Å². The molecule has 0 aromatic rings. The highest BCUT2D eigenvalue weighted by molar-refractivity contribution is 7.91. The molecule has 0 aliphatic carbocycles. The molecule has 0 rings (SSSR count). The lowest BCUT2D eigenvalue weighted by Crippen LogP contribution is -2.18. The zero-order chi connectivity index (χ0) is 9.78. The summed E-state index contributed by atoms with van der Waals surface area (Å²) in [5.74, 6) is 0.190. The zero-order valence-corrected chi connectivity index (χ0v) is 8.76. The molecule has 74 valence electrons. The van der Waals surface area contributed by atoms with Crippen molar-refractivity contribution in [1.82, 2.24) is 0 Å². The van der Waals surface area contributed by atoms with Crippen LogP contribution < -0.4 is 0 Å². The van der Waals surface area contributed by atoms with Crippen molar-refractivity contribution in [1.29, 1.82) is 0 Å². The third kappa shape index (κ3) is 4.72. The Bertz CT molecular complexity index is 204. The highest BCUT2D eigenvalue weighted by Gasteiger charge is 2.15. The molecule has 1 atom stereocenters. The molecule has 3 nitrogen and oxygen atoms in total. The molecule has 0 radical (unpaired) electrons. The maximum atomic E-state index is 11.2. The Kier molecular flexibility index (Phi) is 4.78. The van der Waals surface area contributed by atoms with Crippen LogP contribution in [0.2, 0.25) is 0 Å². The van der Waals surface area contributed by atoms with Gasteiger partial charge >= 0.3 is 0 Å². The molecule has 0 amide bonds. The average Bonchev–Trinajstić information content (AvgIpc) is 1.85. The molecule has 0 spiro atoms. The highest BCUT2D eigenvalue weighted by Crippen LogP contribution is 2.05. The van der Waals surface area contributed by atoms with E-state index in [0.717, 1.165) is 0 Å². The second kappa shape index (κ2) is 4.82. The van der Waals surface area contributed by atoms with Gasteiger partial charge in [-0.1, -0.05) is 0 Å². The summed E-state index contributed by atoms with van der Waals surface area (Å²) in [6, 6.07) is 0. The standard InChI is InChI=1S/C8H18O3S/c1-7(2)12(10,11)6-4-5-8(3)9/h7-9H,4-6H2,1-3H3. The maximum absolute atomic E-state index is 11.2. The minimum absolute atomic E-state index is 0.190. The first kappa shape index (κ1) is 11.9. The molecule has 0 aromatic heterocycles. The van der Waals surface area contributed by atoms with E-state index in [1.165, 1.54) is 0 Å². The SMILES string of the molecule is CC(O)CCCS(=O)(=O)C(C)C. The van der Waals surface area contributed by atoms with Crippen LogP contribution in [0.3, 0.4) is 0 Å². The summed E-state index contributed by atoms with van der Waals surface area (Å²) in [5, 5.41) is 8.59. The summed E-state index contributed by atoms with van der Waals surface area (Å²) in [5.41, 5.74) is 0. The lowest BCUT2D eigenvalue weighted by Gasteiger charge is -2.07. The molecule has 4 heteroatoms. The van der Waals surface area contributed by atoms with Gasteiger partial charge in [0, 0.05) is 0 Å². The van der Waals surface area contributed by atoms with Crippen LogP contribution in [0.25, 0.3) is 0 Å². The Balaban J connectivity index is 3.79. The Hall–Kier alpha value is -0.0900. The summed E-state index contributed by atoms with van der Waals surface area (Å²) in [7, 11) is -2.90. The molecule has 0 saturated carbocycles. The fraction of sp³-hybridized carbons (Fsp3) is 1.00. The van der Waals surface area contributed by atoms with Crippen LogP contribution in [0.1, 0.15) is 33.6 Å². The van der Waals surface area contributed by atoms with Crippen LogP contribution in [-0.4, -0.2) is 30.6 Å². The Labute approximate surface area is 74.7 Å². The van der Waals surface area contributed by atoms with Crippen molar-refractivity contribution < 1.29 is 13.5 Å². The van der Waals surface area contributed by atoms with E-state index in [4.69, 9.17) is 5.11 Å². The van der Waals surface area contributed by atoms with Gasteiger partial charge in [0.25, 0.3) is 0 Å². The molecule has 0 bridgehead atoms.